The van der Waals surface area contributed by atoms with E-state index >= 15 is 8.78 Å². The van der Waals surface area contributed by atoms with E-state index in [1.54, 1.807) is 43.2 Å². The maximum atomic E-state index is 15.5. The van der Waals surface area contributed by atoms with Gasteiger partial charge in [-0.2, -0.15) is 0 Å². The largest absolute Gasteiger partial charge is 0.494 e. The first-order valence-electron chi connectivity index (χ1n) is 15.0. The van der Waals surface area contributed by atoms with E-state index in [0.29, 0.717) is 58.8 Å². The van der Waals surface area contributed by atoms with Crippen LogP contribution in [0, 0.1) is 17.5 Å². The molecule has 0 saturated heterocycles. The number of ether oxygens (including phenoxy) is 3. The molecule has 1 heterocycles. The van der Waals surface area contributed by atoms with Crippen LogP contribution < -0.4 is 24.4 Å². The van der Waals surface area contributed by atoms with Crippen LogP contribution >= 0.6 is 11.8 Å². The summed E-state index contributed by atoms with van der Waals surface area (Å²) in [6, 6.07) is 19.9. The molecule has 1 N–H and O–H groups in total. The number of hydrogen-bond acceptors (Lipinski definition) is 8. The summed E-state index contributed by atoms with van der Waals surface area (Å²) in [5.74, 6) is -0.228. The first-order valence-corrected chi connectivity index (χ1v) is 16.0. The third-order valence-corrected chi connectivity index (χ3v) is 8.72. The Bertz CT molecular complexity index is 1860. The molecule has 0 aliphatic carbocycles. The summed E-state index contributed by atoms with van der Waals surface area (Å²) in [4.78, 5) is 17.0. The number of aldehydes is 1. The number of thioether (sulfide) groups is 1. The third-order valence-electron chi connectivity index (χ3n) is 7.74. The highest BCUT2D eigenvalue weighted by atomic mass is 32.2. The second-order valence-corrected chi connectivity index (χ2v) is 11.6. The number of carbonyl (C=O) groups excluding carboxylic acids is 1. The summed E-state index contributed by atoms with van der Waals surface area (Å²) in [7, 11) is 6.31. The van der Waals surface area contributed by atoms with E-state index in [1.807, 2.05) is 42.3 Å². The lowest BCUT2D eigenvalue weighted by molar-refractivity contribution is -0.107. The fraction of sp³-hybridized carbons (Fsp3) is 0.222. The van der Waals surface area contributed by atoms with Gasteiger partial charge < -0.3 is 29.2 Å². The minimum Gasteiger partial charge on any atom is -0.494 e. The fourth-order valence-electron chi connectivity index (χ4n) is 5.11. The number of nitrogens with zero attached hydrogens (tertiary/aromatic N) is 3. The van der Waals surface area contributed by atoms with E-state index in [9.17, 15) is 9.18 Å². The molecular formula is C36H35F3N4O4S. The zero-order valence-corrected chi connectivity index (χ0v) is 27.7. The summed E-state index contributed by atoms with van der Waals surface area (Å²) in [5, 5.41) is 3.59. The van der Waals surface area contributed by atoms with Crippen molar-refractivity contribution in [2.45, 2.75) is 23.9 Å². The van der Waals surface area contributed by atoms with Crippen molar-refractivity contribution >= 4 is 29.6 Å². The van der Waals surface area contributed by atoms with Crippen molar-refractivity contribution in [3.05, 3.63) is 108 Å². The number of nitrogens with one attached hydrogen (secondary N) is 1. The molecule has 1 aromatic heterocycles. The Morgan fingerprint density at radius 1 is 0.833 bits per heavy atom. The van der Waals surface area contributed by atoms with E-state index in [-0.39, 0.29) is 17.1 Å². The number of imidazole rings is 1. The second kappa shape index (κ2) is 15.8. The van der Waals surface area contributed by atoms with Crippen molar-refractivity contribution in [1.82, 2.24) is 14.9 Å². The number of benzene rings is 4. The van der Waals surface area contributed by atoms with Gasteiger partial charge in [0.1, 0.15) is 23.7 Å². The van der Waals surface area contributed by atoms with Gasteiger partial charge in [-0.05, 0) is 53.1 Å². The average molecular weight is 677 g/mol. The summed E-state index contributed by atoms with van der Waals surface area (Å²) in [6.07, 6.45) is 2.92. The SMILES string of the molecule is COc1cc(-n2c(N(C)c3ccc(OC)c(OC)c3)cnc2SCc2c(F)cc(-c3ccc(CNCCC=O)cc3)cc2F)ccc1F. The van der Waals surface area contributed by atoms with Gasteiger partial charge >= 0.3 is 0 Å². The number of anilines is 2. The fourth-order valence-corrected chi connectivity index (χ4v) is 6.12. The molecular weight excluding hydrogens is 641 g/mol. The van der Waals surface area contributed by atoms with Crippen LogP contribution in [0.2, 0.25) is 0 Å². The Hall–Kier alpha value is -4.94. The summed E-state index contributed by atoms with van der Waals surface area (Å²) in [5.41, 5.74) is 3.26. The van der Waals surface area contributed by atoms with E-state index < -0.39 is 17.5 Å². The van der Waals surface area contributed by atoms with Gasteiger partial charge in [-0.3, -0.25) is 4.57 Å². The van der Waals surface area contributed by atoms with Gasteiger partial charge in [-0.25, -0.2) is 18.2 Å². The Balaban J connectivity index is 1.43. The Morgan fingerprint density at radius 2 is 1.54 bits per heavy atom. The summed E-state index contributed by atoms with van der Waals surface area (Å²) < 4.78 is 63.2. The molecule has 48 heavy (non-hydrogen) atoms. The van der Waals surface area contributed by atoms with E-state index in [1.165, 1.54) is 31.4 Å². The van der Waals surface area contributed by atoms with Crippen LogP contribution in [0.1, 0.15) is 17.5 Å². The highest BCUT2D eigenvalue weighted by Gasteiger charge is 2.21. The molecule has 0 aliphatic heterocycles. The topological polar surface area (TPSA) is 77.8 Å². The smallest absolute Gasteiger partial charge is 0.174 e. The number of methoxy groups -OCH3 is 3. The Kier molecular flexibility index (Phi) is 11.3. The number of carbonyl (C=O) groups is 1. The quantitative estimate of drug-likeness (QED) is 0.0687. The predicted molar refractivity (Wildman–Crippen MR) is 181 cm³/mol. The Labute approximate surface area is 281 Å². The molecule has 0 unspecified atom stereocenters. The molecule has 250 valence electrons. The highest BCUT2D eigenvalue weighted by molar-refractivity contribution is 7.98. The van der Waals surface area contributed by atoms with Crippen LogP contribution in [0.5, 0.6) is 17.2 Å². The number of rotatable bonds is 15. The lowest BCUT2D eigenvalue weighted by Gasteiger charge is -2.23. The first-order chi connectivity index (χ1) is 23.3. The maximum absolute atomic E-state index is 15.5. The van der Waals surface area contributed by atoms with Gasteiger partial charge in [-0.15, -0.1) is 0 Å². The zero-order chi connectivity index (χ0) is 34.2. The third kappa shape index (κ3) is 7.61. The number of hydrogen-bond donors (Lipinski definition) is 1. The van der Waals surface area contributed by atoms with Gasteiger partial charge in [0, 0.05) is 55.7 Å². The van der Waals surface area contributed by atoms with Gasteiger partial charge in [0.15, 0.2) is 28.2 Å². The van der Waals surface area contributed by atoms with Crippen LogP contribution in [0.3, 0.4) is 0 Å². The highest BCUT2D eigenvalue weighted by Crippen LogP contribution is 2.38. The van der Waals surface area contributed by atoms with Gasteiger partial charge in [-0.1, -0.05) is 36.0 Å². The number of halogens is 3. The lowest BCUT2D eigenvalue weighted by Crippen LogP contribution is -2.14. The summed E-state index contributed by atoms with van der Waals surface area (Å²) in [6.45, 7) is 1.16. The van der Waals surface area contributed by atoms with Gasteiger partial charge in [0.25, 0.3) is 0 Å². The average Bonchev–Trinajstić information content (AvgIpc) is 3.53. The predicted octanol–water partition coefficient (Wildman–Crippen LogP) is 7.72. The van der Waals surface area contributed by atoms with E-state index in [2.05, 4.69) is 10.3 Å². The first kappa shape index (κ1) is 34.4. The minimum absolute atomic E-state index is 0.0340. The molecule has 0 aliphatic rings. The van der Waals surface area contributed by atoms with Crippen molar-refractivity contribution in [3.8, 4) is 34.1 Å². The zero-order valence-electron chi connectivity index (χ0n) is 26.9. The summed E-state index contributed by atoms with van der Waals surface area (Å²) >= 11 is 1.14. The van der Waals surface area contributed by atoms with Crippen LogP contribution in [0.15, 0.2) is 84.1 Å². The van der Waals surface area contributed by atoms with Crippen molar-refractivity contribution in [2.75, 3.05) is 39.8 Å². The molecule has 8 nitrogen and oxygen atoms in total. The molecule has 0 fully saturated rings. The molecule has 5 aromatic rings. The lowest BCUT2D eigenvalue weighted by atomic mass is 10.0. The normalized spacial score (nSPS) is 11.0. The maximum Gasteiger partial charge on any atom is 0.174 e. The molecule has 0 spiro atoms. The molecule has 0 bridgehead atoms. The molecule has 0 saturated carbocycles. The van der Waals surface area contributed by atoms with Crippen molar-refractivity contribution in [3.63, 3.8) is 0 Å². The van der Waals surface area contributed by atoms with Gasteiger partial charge in [0.2, 0.25) is 0 Å². The number of aromatic nitrogens is 2. The molecule has 4 aromatic carbocycles. The molecule has 0 amide bonds. The molecule has 0 radical (unpaired) electrons. The van der Waals surface area contributed by atoms with Crippen LogP contribution in [-0.2, 0) is 17.1 Å². The van der Waals surface area contributed by atoms with Crippen LogP contribution in [0.4, 0.5) is 24.7 Å². The minimum atomic E-state index is -0.679. The molecule has 12 heteroatoms. The standard InChI is InChI=1S/C36H35F3N4O4S/c1-42(26-11-13-32(45-2)34(18-26)47-4)35-21-41-36(43(35)27-10-12-29(37)33(19-27)46-3)48-22-28-30(38)16-25(17-31(28)39)24-8-6-23(7-9-24)20-40-14-5-15-44/h6-13,15-19,21,40H,5,14,20,22H2,1-4H3. The monoisotopic (exact) mass is 676 g/mol. The Morgan fingerprint density at radius 3 is 2.21 bits per heavy atom. The molecule has 5 rings (SSSR count). The van der Waals surface area contributed by atoms with Crippen molar-refractivity contribution in [1.29, 1.82) is 0 Å². The van der Waals surface area contributed by atoms with E-state index in [4.69, 9.17) is 14.2 Å². The van der Waals surface area contributed by atoms with Crippen LogP contribution in [0.25, 0.3) is 16.8 Å². The van der Waals surface area contributed by atoms with Crippen molar-refractivity contribution in [2.24, 2.45) is 0 Å². The van der Waals surface area contributed by atoms with Crippen LogP contribution in [-0.4, -0.2) is 50.8 Å². The van der Waals surface area contributed by atoms with Gasteiger partial charge in [0.05, 0.1) is 33.2 Å². The van der Waals surface area contributed by atoms with Crippen molar-refractivity contribution < 1.29 is 32.2 Å². The molecule has 0 atom stereocenters. The second-order valence-electron chi connectivity index (χ2n) is 10.7. The van der Waals surface area contributed by atoms with E-state index in [0.717, 1.165) is 29.3 Å².